The lowest BCUT2D eigenvalue weighted by Crippen LogP contribution is -2.05. The molecule has 0 aromatic heterocycles. The SMILES string of the molecule is O=C1SC(c2ccccc2)Sc2ccccc21. The number of carbonyl (C=O) groups excluding carboxylic acids is 1. The molecule has 0 aliphatic carbocycles. The summed E-state index contributed by atoms with van der Waals surface area (Å²) in [5.74, 6) is 0. The fraction of sp³-hybridized carbons (Fsp3) is 0.0714. The van der Waals surface area contributed by atoms with Gasteiger partial charge in [-0.25, -0.2) is 0 Å². The molecule has 3 heteroatoms. The minimum atomic E-state index is 0.174. The Morgan fingerprint density at radius 1 is 0.824 bits per heavy atom. The van der Waals surface area contributed by atoms with Crippen molar-refractivity contribution in [2.75, 3.05) is 0 Å². The van der Waals surface area contributed by atoms with Gasteiger partial charge >= 0.3 is 0 Å². The van der Waals surface area contributed by atoms with Gasteiger partial charge in [0.2, 0.25) is 5.12 Å². The molecule has 1 nitrogen and oxygen atoms in total. The van der Waals surface area contributed by atoms with Crippen LogP contribution in [-0.2, 0) is 0 Å². The smallest absolute Gasteiger partial charge is 0.221 e. The standard InChI is InChI=1S/C14H10OS2/c15-13-11-8-4-5-9-12(11)16-14(17-13)10-6-2-1-3-7-10/h1-9,14H. The van der Waals surface area contributed by atoms with Crippen molar-refractivity contribution in [3.63, 3.8) is 0 Å². The lowest BCUT2D eigenvalue weighted by Gasteiger charge is -2.22. The van der Waals surface area contributed by atoms with E-state index in [1.54, 1.807) is 11.8 Å². The summed E-state index contributed by atoms with van der Waals surface area (Å²) in [6.07, 6.45) is 0. The molecule has 0 amide bonds. The van der Waals surface area contributed by atoms with Gasteiger partial charge in [0.25, 0.3) is 0 Å². The van der Waals surface area contributed by atoms with Crippen molar-refractivity contribution >= 4 is 28.6 Å². The molecule has 17 heavy (non-hydrogen) atoms. The van der Waals surface area contributed by atoms with Crippen LogP contribution in [0.4, 0.5) is 0 Å². The fourth-order valence-electron chi connectivity index (χ4n) is 1.78. The first-order valence-electron chi connectivity index (χ1n) is 5.36. The minimum absolute atomic E-state index is 0.174. The van der Waals surface area contributed by atoms with Crippen molar-refractivity contribution in [2.45, 2.75) is 9.48 Å². The number of hydrogen-bond donors (Lipinski definition) is 0. The quantitative estimate of drug-likeness (QED) is 0.756. The van der Waals surface area contributed by atoms with Crippen molar-refractivity contribution in [3.05, 3.63) is 65.7 Å². The van der Waals surface area contributed by atoms with E-state index < -0.39 is 0 Å². The summed E-state index contributed by atoms with van der Waals surface area (Å²) in [5.41, 5.74) is 2.04. The van der Waals surface area contributed by atoms with Crippen molar-refractivity contribution in [2.24, 2.45) is 0 Å². The average molecular weight is 258 g/mol. The maximum Gasteiger partial charge on any atom is 0.221 e. The van der Waals surface area contributed by atoms with E-state index in [-0.39, 0.29) is 9.70 Å². The van der Waals surface area contributed by atoms with Crippen LogP contribution in [0, 0.1) is 0 Å². The third kappa shape index (κ3) is 2.13. The first-order chi connectivity index (χ1) is 8.34. The zero-order valence-electron chi connectivity index (χ0n) is 9.00. The zero-order valence-corrected chi connectivity index (χ0v) is 10.6. The van der Waals surface area contributed by atoms with Gasteiger partial charge in [-0.3, -0.25) is 4.79 Å². The van der Waals surface area contributed by atoms with Gasteiger partial charge in [0.1, 0.15) is 0 Å². The maximum absolute atomic E-state index is 12.0. The van der Waals surface area contributed by atoms with Crippen molar-refractivity contribution in [3.8, 4) is 0 Å². The number of thioether (sulfide) groups is 2. The first-order valence-corrected chi connectivity index (χ1v) is 7.12. The van der Waals surface area contributed by atoms with Gasteiger partial charge in [-0.1, -0.05) is 54.2 Å². The number of fused-ring (bicyclic) bond motifs is 1. The van der Waals surface area contributed by atoms with E-state index in [0.29, 0.717) is 0 Å². The van der Waals surface area contributed by atoms with E-state index in [0.717, 1.165) is 10.5 Å². The van der Waals surface area contributed by atoms with Crippen molar-refractivity contribution < 1.29 is 4.79 Å². The predicted octanol–water partition coefficient (Wildman–Crippen LogP) is 4.36. The van der Waals surface area contributed by atoms with E-state index in [2.05, 4.69) is 12.1 Å². The summed E-state index contributed by atoms with van der Waals surface area (Å²) in [7, 11) is 0. The topological polar surface area (TPSA) is 17.1 Å². The molecule has 0 saturated heterocycles. The Hall–Kier alpha value is -1.19. The highest BCUT2D eigenvalue weighted by molar-refractivity contribution is 8.25. The molecule has 0 radical (unpaired) electrons. The molecule has 2 aromatic rings. The van der Waals surface area contributed by atoms with Crippen molar-refractivity contribution in [1.29, 1.82) is 0 Å². The third-order valence-corrected chi connectivity index (χ3v) is 5.22. The van der Waals surface area contributed by atoms with Crippen LogP contribution in [0.2, 0.25) is 0 Å². The molecule has 2 aromatic carbocycles. The summed E-state index contributed by atoms with van der Waals surface area (Å²) >= 11 is 3.16. The lowest BCUT2D eigenvalue weighted by molar-refractivity contribution is 0.108. The Labute approximate surface area is 109 Å². The Balaban J connectivity index is 1.97. The lowest BCUT2D eigenvalue weighted by atomic mass is 10.2. The van der Waals surface area contributed by atoms with Crippen molar-refractivity contribution in [1.82, 2.24) is 0 Å². The van der Waals surface area contributed by atoms with E-state index >= 15 is 0 Å². The summed E-state index contributed by atoms with van der Waals surface area (Å²) in [6.45, 7) is 0. The number of hydrogen-bond acceptors (Lipinski definition) is 3. The molecule has 1 unspecified atom stereocenters. The molecule has 0 fully saturated rings. The number of benzene rings is 2. The van der Waals surface area contributed by atoms with Gasteiger partial charge < -0.3 is 0 Å². The van der Waals surface area contributed by atoms with Crippen LogP contribution in [-0.4, -0.2) is 5.12 Å². The normalized spacial score (nSPS) is 18.8. The second-order valence-corrected chi connectivity index (χ2v) is 6.29. The van der Waals surface area contributed by atoms with Crippen LogP contribution in [0.1, 0.15) is 20.5 Å². The maximum atomic E-state index is 12.0. The van der Waals surface area contributed by atoms with Gasteiger partial charge in [-0.05, 0) is 17.7 Å². The molecule has 0 saturated carbocycles. The average Bonchev–Trinajstić information content (AvgIpc) is 2.40. The molecule has 1 atom stereocenters. The highest BCUT2D eigenvalue weighted by atomic mass is 32.2. The van der Waals surface area contributed by atoms with E-state index in [4.69, 9.17) is 0 Å². The first kappa shape index (κ1) is 10.9. The van der Waals surface area contributed by atoms with Crippen LogP contribution in [0.5, 0.6) is 0 Å². The number of carbonyl (C=O) groups is 1. The van der Waals surface area contributed by atoms with Crippen LogP contribution in [0.15, 0.2) is 59.5 Å². The minimum Gasteiger partial charge on any atom is -0.281 e. The van der Waals surface area contributed by atoms with Crippen LogP contribution in [0.25, 0.3) is 0 Å². The van der Waals surface area contributed by atoms with E-state index in [1.807, 2.05) is 42.5 Å². The molecule has 84 valence electrons. The van der Waals surface area contributed by atoms with Crippen LogP contribution >= 0.6 is 23.5 Å². The summed E-state index contributed by atoms with van der Waals surface area (Å²) in [6, 6.07) is 18.0. The Bertz CT molecular complexity index is 551. The Morgan fingerprint density at radius 2 is 1.53 bits per heavy atom. The van der Waals surface area contributed by atoms with E-state index in [9.17, 15) is 4.79 Å². The molecule has 1 aliphatic rings. The molecule has 0 spiro atoms. The molecule has 0 bridgehead atoms. The van der Waals surface area contributed by atoms with Gasteiger partial charge in [-0.15, -0.1) is 11.8 Å². The summed E-state index contributed by atoms with van der Waals surface area (Å²) in [5, 5.41) is 0.174. The predicted molar refractivity (Wildman–Crippen MR) is 73.4 cm³/mol. The monoisotopic (exact) mass is 258 g/mol. The zero-order chi connectivity index (χ0) is 11.7. The molecular formula is C14H10OS2. The largest absolute Gasteiger partial charge is 0.281 e. The van der Waals surface area contributed by atoms with Crippen LogP contribution in [0.3, 0.4) is 0 Å². The van der Waals surface area contributed by atoms with Crippen LogP contribution < -0.4 is 0 Å². The number of rotatable bonds is 1. The van der Waals surface area contributed by atoms with E-state index in [1.165, 1.54) is 17.3 Å². The molecule has 1 aliphatic heterocycles. The molecule has 1 heterocycles. The van der Waals surface area contributed by atoms with Gasteiger partial charge in [0, 0.05) is 10.5 Å². The molecule has 3 rings (SSSR count). The summed E-state index contributed by atoms with van der Waals surface area (Å²) < 4.78 is 0.179. The van der Waals surface area contributed by atoms with Gasteiger partial charge in [0.15, 0.2) is 0 Å². The highest BCUT2D eigenvalue weighted by Crippen LogP contribution is 2.50. The summed E-state index contributed by atoms with van der Waals surface area (Å²) in [4.78, 5) is 13.1. The fourth-order valence-corrected chi connectivity index (χ4v) is 4.38. The Morgan fingerprint density at radius 3 is 2.35 bits per heavy atom. The molecule has 0 N–H and O–H groups in total. The third-order valence-electron chi connectivity index (χ3n) is 2.63. The second kappa shape index (κ2) is 4.59. The van der Waals surface area contributed by atoms with Gasteiger partial charge in [-0.2, -0.15) is 0 Å². The second-order valence-electron chi connectivity index (χ2n) is 3.76. The molecular weight excluding hydrogens is 248 g/mol. The van der Waals surface area contributed by atoms with Gasteiger partial charge in [0.05, 0.1) is 4.58 Å². The highest BCUT2D eigenvalue weighted by Gasteiger charge is 2.27. The Kier molecular flexibility index (Phi) is 2.95.